The number of carbonyl (C=O) groups excluding carboxylic acids is 3. The lowest BCUT2D eigenvalue weighted by Gasteiger charge is -2.26. The van der Waals surface area contributed by atoms with E-state index in [4.69, 9.17) is 9.47 Å². The minimum Gasteiger partial charge on any atom is -0.426 e. The smallest absolute Gasteiger partial charge is 0.314 e. The van der Waals surface area contributed by atoms with Gasteiger partial charge in [-0.05, 0) is 83.6 Å². The molecule has 1 atom stereocenters. The molecule has 1 saturated carbocycles. The lowest BCUT2D eigenvalue weighted by Crippen LogP contribution is -2.31. The number of esters is 1. The van der Waals surface area contributed by atoms with Crippen molar-refractivity contribution in [2.24, 2.45) is 11.8 Å². The fraction of sp³-hybridized carbons (Fsp3) is 0.433. The first-order chi connectivity index (χ1) is 17.0. The van der Waals surface area contributed by atoms with Gasteiger partial charge in [0.25, 0.3) is 0 Å². The molecule has 0 heterocycles. The molecule has 0 amide bonds. The normalized spacial score (nSPS) is 19.7. The number of aliphatic hydroxyl groups is 1. The summed E-state index contributed by atoms with van der Waals surface area (Å²) in [7, 11) is 0. The third-order valence-electron chi connectivity index (χ3n) is 6.48. The Morgan fingerprint density at radius 3 is 2.03 bits per heavy atom. The number of rotatable bonds is 8. The topological polar surface area (TPSA) is 89.9 Å². The predicted molar refractivity (Wildman–Crippen MR) is 139 cm³/mol. The molecule has 0 radical (unpaired) electrons. The molecule has 2 aromatic carbocycles. The van der Waals surface area contributed by atoms with Crippen LogP contribution in [0.15, 0.2) is 54.1 Å². The molecule has 0 bridgehead atoms. The van der Waals surface area contributed by atoms with Gasteiger partial charge >= 0.3 is 5.97 Å². The minimum absolute atomic E-state index is 0.0394. The molecular formula is C30H36O6. The number of allylic oxidation sites excluding steroid dienone is 1. The number of ether oxygens (including phenoxy) is 2. The average Bonchev–Trinajstić information content (AvgIpc) is 2.83. The van der Waals surface area contributed by atoms with Gasteiger partial charge in [0.05, 0.1) is 17.1 Å². The van der Waals surface area contributed by atoms with E-state index in [-0.39, 0.29) is 29.2 Å². The van der Waals surface area contributed by atoms with Gasteiger partial charge in [-0.1, -0.05) is 42.0 Å². The van der Waals surface area contributed by atoms with Gasteiger partial charge in [0.15, 0.2) is 12.1 Å². The Kier molecular flexibility index (Phi) is 8.98. The number of aryl methyl sites for hydroxylation is 1. The summed E-state index contributed by atoms with van der Waals surface area (Å²) in [4.78, 5) is 37.0. The zero-order valence-electron chi connectivity index (χ0n) is 21.7. The van der Waals surface area contributed by atoms with E-state index in [0.717, 1.165) is 11.8 Å². The van der Waals surface area contributed by atoms with E-state index in [2.05, 4.69) is 0 Å². The van der Waals surface area contributed by atoms with Crippen LogP contribution in [0, 0.1) is 18.8 Å². The van der Waals surface area contributed by atoms with Crippen LogP contribution in [0.4, 0.5) is 0 Å². The van der Waals surface area contributed by atoms with E-state index in [1.54, 1.807) is 43.3 Å². The maximum absolute atomic E-state index is 13.4. The standard InChI is InChI=1S/C30H36O6/c1-19-6-10-23(11-7-19)27(32)26(29(34)36-30(3,4)5)20(2)22-14-16-25(17-15-22)35-28(33)24-12-8-21(18-31)9-13-24/h6-7,10-11,14-18,21,24,29,34H,8-9,12-13H2,1-5H3/b26-20+. The van der Waals surface area contributed by atoms with Crippen molar-refractivity contribution in [3.8, 4) is 5.75 Å². The summed E-state index contributed by atoms with van der Waals surface area (Å²) in [5.74, 6) is -0.357. The first-order valence-corrected chi connectivity index (χ1v) is 12.4. The van der Waals surface area contributed by atoms with E-state index in [9.17, 15) is 19.5 Å². The molecule has 0 aromatic heterocycles. The van der Waals surface area contributed by atoms with Gasteiger partial charge in [0.1, 0.15) is 12.0 Å². The maximum Gasteiger partial charge on any atom is 0.314 e. The monoisotopic (exact) mass is 492 g/mol. The molecule has 6 nitrogen and oxygen atoms in total. The van der Waals surface area contributed by atoms with Crippen LogP contribution in [-0.4, -0.2) is 35.0 Å². The van der Waals surface area contributed by atoms with Gasteiger partial charge in [-0.2, -0.15) is 0 Å². The van der Waals surface area contributed by atoms with Crippen LogP contribution < -0.4 is 4.74 Å². The zero-order valence-corrected chi connectivity index (χ0v) is 21.7. The predicted octanol–water partition coefficient (Wildman–Crippen LogP) is 5.70. The highest BCUT2D eigenvalue weighted by Gasteiger charge is 2.29. The van der Waals surface area contributed by atoms with Gasteiger partial charge in [0.2, 0.25) is 0 Å². The number of benzene rings is 2. The number of carbonyl (C=O) groups is 3. The van der Waals surface area contributed by atoms with E-state index in [1.807, 2.05) is 39.8 Å². The Morgan fingerprint density at radius 2 is 1.50 bits per heavy atom. The van der Waals surface area contributed by atoms with Crippen molar-refractivity contribution in [1.82, 2.24) is 0 Å². The van der Waals surface area contributed by atoms with Crippen molar-refractivity contribution in [3.05, 3.63) is 70.8 Å². The Bertz CT molecular complexity index is 1100. The van der Waals surface area contributed by atoms with Crippen molar-refractivity contribution < 1.29 is 29.0 Å². The molecule has 0 aliphatic heterocycles. The van der Waals surface area contributed by atoms with Crippen molar-refractivity contribution in [2.75, 3.05) is 0 Å². The SMILES string of the molecule is C/C(=C(/C(=O)c1ccc(C)cc1)C(O)OC(C)(C)C)c1ccc(OC(=O)C2CCC(C=O)CC2)cc1. The van der Waals surface area contributed by atoms with E-state index in [1.165, 1.54) is 0 Å². The summed E-state index contributed by atoms with van der Waals surface area (Å²) in [5, 5.41) is 10.9. The number of Topliss-reactive ketones (excluding diaryl/α,β-unsaturated/α-hetero) is 1. The molecule has 1 aliphatic rings. The average molecular weight is 493 g/mol. The Labute approximate surface area is 213 Å². The van der Waals surface area contributed by atoms with Crippen LogP contribution in [0.5, 0.6) is 5.75 Å². The number of hydrogen-bond acceptors (Lipinski definition) is 6. The maximum atomic E-state index is 13.4. The molecule has 3 rings (SSSR count). The van der Waals surface area contributed by atoms with Crippen molar-refractivity contribution in [3.63, 3.8) is 0 Å². The van der Waals surface area contributed by atoms with Gasteiger partial charge < -0.3 is 19.4 Å². The van der Waals surface area contributed by atoms with Crippen LogP contribution in [0.25, 0.3) is 5.57 Å². The first kappa shape index (κ1) is 27.5. The molecule has 1 fully saturated rings. The van der Waals surface area contributed by atoms with Gasteiger partial charge in [-0.15, -0.1) is 0 Å². The van der Waals surface area contributed by atoms with E-state index >= 15 is 0 Å². The van der Waals surface area contributed by atoms with Crippen LogP contribution in [0.2, 0.25) is 0 Å². The van der Waals surface area contributed by atoms with Gasteiger partial charge in [-0.3, -0.25) is 9.59 Å². The Hall–Kier alpha value is -3.09. The lowest BCUT2D eigenvalue weighted by molar-refractivity contribution is -0.142. The lowest BCUT2D eigenvalue weighted by atomic mass is 9.83. The van der Waals surface area contributed by atoms with E-state index in [0.29, 0.717) is 48.1 Å². The number of aliphatic hydroxyl groups excluding tert-OH is 1. The molecule has 192 valence electrons. The Balaban J connectivity index is 1.83. The van der Waals surface area contributed by atoms with Crippen LogP contribution in [0.1, 0.15) is 74.9 Å². The molecule has 36 heavy (non-hydrogen) atoms. The summed E-state index contributed by atoms with van der Waals surface area (Å²) in [6.07, 6.45) is 2.28. The van der Waals surface area contributed by atoms with Crippen molar-refractivity contribution in [1.29, 1.82) is 0 Å². The molecule has 0 spiro atoms. The number of hydrogen-bond donors (Lipinski definition) is 1. The van der Waals surface area contributed by atoms with Crippen molar-refractivity contribution >= 4 is 23.6 Å². The zero-order chi connectivity index (χ0) is 26.5. The fourth-order valence-electron chi connectivity index (χ4n) is 4.34. The highest BCUT2D eigenvalue weighted by atomic mass is 16.6. The molecule has 2 aromatic rings. The third kappa shape index (κ3) is 7.21. The molecule has 1 unspecified atom stereocenters. The first-order valence-electron chi connectivity index (χ1n) is 12.4. The minimum atomic E-state index is -1.42. The summed E-state index contributed by atoms with van der Waals surface area (Å²) in [5.41, 5.74) is 2.26. The fourth-order valence-corrected chi connectivity index (χ4v) is 4.34. The molecule has 0 saturated heterocycles. The number of aldehydes is 1. The largest absolute Gasteiger partial charge is 0.426 e. The van der Waals surface area contributed by atoms with E-state index < -0.39 is 11.9 Å². The van der Waals surface area contributed by atoms with Crippen LogP contribution >= 0.6 is 0 Å². The Morgan fingerprint density at radius 1 is 0.944 bits per heavy atom. The second kappa shape index (κ2) is 11.8. The highest BCUT2D eigenvalue weighted by molar-refractivity contribution is 6.13. The summed E-state index contributed by atoms with van der Waals surface area (Å²) >= 11 is 0. The second-order valence-electron chi connectivity index (χ2n) is 10.5. The third-order valence-corrected chi connectivity index (χ3v) is 6.48. The molecule has 6 heteroatoms. The highest BCUT2D eigenvalue weighted by Crippen LogP contribution is 2.31. The van der Waals surface area contributed by atoms with Gasteiger partial charge in [0, 0.05) is 11.5 Å². The molecule has 1 N–H and O–H groups in total. The molecular weight excluding hydrogens is 456 g/mol. The summed E-state index contributed by atoms with van der Waals surface area (Å²) in [6.45, 7) is 9.15. The van der Waals surface area contributed by atoms with Crippen LogP contribution in [-0.2, 0) is 14.3 Å². The van der Waals surface area contributed by atoms with Crippen LogP contribution in [0.3, 0.4) is 0 Å². The van der Waals surface area contributed by atoms with Gasteiger partial charge in [-0.25, -0.2) is 0 Å². The quantitative estimate of drug-likeness (QED) is 0.127. The summed E-state index contributed by atoms with van der Waals surface area (Å²) < 4.78 is 11.3. The van der Waals surface area contributed by atoms with Crippen molar-refractivity contribution in [2.45, 2.75) is 72.2 Å². The molecule has 1 aliphatic carbocycles. The number of ketones is 1. The second-order valence-corrected chi connectivity index (χ2v) is 10.5. The summed E-state index contributed by atoms with van der Waals surface area (Å²) in [6, 6.07) is 14.1.